The van der Waals surface area contributed by atoms with Crippen LogP contribution in [-0.4, -0.2) is 35.9 Å². The van der Waals surface area contributed by atoms with Gasteiger partial charge in [0.1, 0.15) is 6.04 Å². The van der Waals surface area contributed by atoms with Gasteiger partial charge in [0, 0.05) is 6.92 Å². The second-order valence-corrected chi connectivity index (χ2v) is 2.34. The molecule has 0 fully saturated rings. The molecule has 0 saturated heterocycles. The molecule has 0 heterocycles. The summed E-state index contributed by atoms with van der Waals surface area (Å²) in [6.45, 7) is 1.09. The highest BCUT2D eigenvalue weighted by Gasteiger charge is 2.16. The number of aliphatic carboxylic acids is 1. The fraction of sp³-hybridized carbons (Fsp3) is 0.429. The lowest BCUT2D eigenvalue weighted by Gasteiger charge is -2.09. The third-order valence-corrected chi connectivity index (χ3v) is 1.18. The molecule has 0 aliphatic rings. The molecule has 0 aromatic rings. The molecule has 1 atom stereocenters. The van der Waals surface area contributed by atoms with Crippen molar-refractivity contribution in [3.8, 4) is 6.19 Å². The van der Waals surface area contributed by atoms with E-state index in [2.05, 4.69) is 15.6 Å². The van der Waals surface area contributed by atoms with Crippen molar-refractivity contribution in [2.24, 2.45) is 4.99 Å². The highest BCUT2D eigenvalue weighted by Crippen LogP contribution is 1.85. The Bertz CT molecular complexity index is 281. The number of hydrogen-bond donors (Lipinski definition) is 3. The van der Waals surface area contributed by atoms with Gasteiger partial charge in [-0.25, -0.2) is 4.79 Å². The minimum Gasteiger partial charge on any atom is -0.480 e. The molecule has 14 heavy (non-hydrogen) atoms. The van der Waals surface area contributed by atoms with Gasteiger partial charge in [-0.05, 0) is 0 Å². The van der Waals surface area contributed by atoms with E-state index in [1.54, 1.807) is 6.19 Å². The highest BCUT2D eigenvalue weighted by atomic mass is 16.4. The standard InChI is InChI=1S/C7H10N4O3/c1-5(12)11-6(7(13)14)2-9-4-10-3-8/h4,6H,2H2,1H3,(H,9,10)(H,11,12)(H,13,14). The number of aliphatic imine (C=N–C) groups is 1. The number of carboxylic acids is 1. The number of carboxylic acid groups (broad SMARTS) is 1. The van der Waals surface area contributed by atoms with Crippen LogP contribution in [0.15, 0.2) is 4.99 Å². The van der Waals surface area contributed by atoms with Crippen molar-refractivity contribution in [3.05, 3.63) is 0 Å². The number of rotatable bonds is 5. The molecule has 76 valence electrons. The van der Waals surface area contributed by atoms with Gasteiger partial charge in [0.25, 0.3) is 0 Å². The van der Waals surface area contributed by atoms with Crippen molar-refractivity contribution in [1.82, 2.24) is 10.6 Å². The predicted octanol–water partition coefficient (Wildman–Crippen LogP) is -1.33. The second-order valence-electron chi connectivity index (χ2n) is 2.34. The van der Waals surface area contributed by atoms with Gasteiger partial charge in [-0.2, -0.15) is 5.26 Å². The first-order valence-electron chi connectivity index (χ1n) is 3.70. The molecule has 7 heteroatoms. The largest absolute Gasteiger partial charge is 0.480 e. The molecule has 0 aromatic carbocycles. The first kappa shape index (κ1) is 11.9. The molecule has 0 aromatic heterocycles. The summed E-state index contributed by atoms with van der Waals surface area (Å²) in [5, 5.41) is 20.9. The van der Waals surface area contributed by atoms with E-state index in [0.29, 0.717) is 0 Å². The van der Waals surface area contributed by atoms with Crippen LogP contribution in [0, 0.1) is 11.5 Å². The molecule has 0 bridgehead atoms. The van der Waals surface area contributed by atoms with Crippen LogP contribution in [0.25, 0.3) is 0 Å². The molecule has 3 N–H and O–H groups in total. The highest BCUT2D eigenvalue weighted by molar-refractivity contribution is 5.82. The van der Waals surface area contributed by atoms with Gasteiger partial charge in [0.2, 0.25) is 5.91 Å². The zero-order valence-corrected chi connectivity index (χ0v) is 7.52. The molecule has 0 rings (SSSR count). The molecule has 0 saturated carbocycles. The summed E-state index contributed by atoms with van der Waals surface area (Å²) in [6, 6.07) is -1.07. The zero-order valence-electron chi connectivity index (χ0n) is 7.52. The molecule has 7 nitrogen and oxygen atoms in total. The molecule has 0 aliphatic carbocycles. The van der Waals surface area contributed by atoms with Gasteiger partial charge in [-0.3, -0.25) is 15.1 Å². The van der Waals surface area contributed by atoms with E-state index < -0.39 is 17.9 Å². The van der Waals surface area contributed by atoms with E-state index in [-0.39, 0.29) is 6.54 Å². The summed E-state index contributed by atoms with van der Waals surface area (Å²) in [7, 11) is 0. The third-order valence-electron chi connectivity index (χ3n) is 1.18. The van der Waals surface area contributed by atoms with Crippen molar-refractivity contribution in [2.45, 2.75) is 13.0 Å². The molecule has 1 unspecified atom stereocenters. The maximum Gasteiger partial charge on any atom is 0.328 e. The number of carbonyl (C=O) groups excluding carboxylic acids is 1. The number of amides is 1. The van der Waals surface area contributed by atoms with Crippen LogP contribution in [0.5, 0.6) is 0 Å². The van der Waals surface area contributed by atoms with Crippen LogP contribution in [0.3, 0.4) is 0 Å². The summed E-state index contributed by atoms with van der Waals surface area (Å²) >= 11 is 0. The number of nitrogens with one attached hydrogen (secondary N) is 2. The lowest BCUT2D eigenvalue weighted by Crippen LogP contribution is -2.41. The van der Waals surface area contributed by atoms with E-state index in [1.165, 1.54) is 6.92 Å². The van der Waals surface area contributed by atoms with Crippen molar-refractivity contribution in [1.29, 1.82) is 5.26 Å². The lowest BCUT2D eigenvalue weighted by molar-refractivity contribution is -0.141. The summed E-state index contributed by atoms with van der Waals surface area (Å²) in [5.74, 6) is -1.62. The molecule has 1 amide bonds. The monoisotopic (exact) mass is 198 g/mol. The average molecular weight is 198 g/mol. The van der Waals surface area contributed by atoms with Crippen molar-refractivity contribution < 1.29 is 14.7 Å². The topological polar surface area (TPSA) is 115 Å². The Morgan fingerprint density at radius 1 is 1.71 bits per heavy atom. The summed E-state index contributed by atoms with van der Waals surface area (Å²) in [5.41, 5.74) is 0. The van der Waals surface area contributed by atoms with Crippen LogP contribution in [-0.2, 0) is 9.59 Å². The van der Waals surface area contributed by atoms with Crippen LogP contribution in [0.2, 0.25) is 0 Å². The maximum atomic E-state index is 10.6. The molecular formula is C7H10N4O3. The van der Waals surface area contributed by atoms with Gasteiger partial charge < -0.3 is 10.4 Å². The minimum absolute atomic E-state index is 0.121. The van der Waals surface area contributed by atoms with E-state index >= 15 is 0 Å². The molecule has 0 spiro atoms. The summed E-state index contributed by atoms with van der Waals surface area (Å²) in [4.78, 5) is 24.7. The Morgan fingerprint density at radius 3 is 2.79 bits per heavy atom. The van der Waals surface area contributed by atoms with E-state index in [9.17, 15) is 9.59 Å². The Labute approximate surface area is 80.4 Å². The van der Waals surface area contributed by atoms with Crippen LogP contribution >= 0.6 is 0 Å². The van der Waals surface area contributed by atoms with Gasteiger partial charge in [0.05, 0.1) is 12.9 Å². The fourth-order valence-electron chi connectivity index (χ4n) is 0.663. The van der Waals surface area contributed by atoms with Crippen LogP contribution in [0.1, 0.15) is 6.92 Å². The first-order chi connectivity index (χ1) is 6.57. The van der Waals surface area contributed by atoms with Gasteiger partial charge in [0.15, 0.2) is 6.19 Å². The molecule has 0 radical (unpaired) electrons. The first-order valence-corrected chi connectivity index (χ1v) is 3.70. The third kappa shape index (κ3) is 5.54. The van der Waals surface area contributed by atoms with Crippen LogP contribution in [0.4, 0.5) is 0 Å². The summed E-state index contributed by atoms with van der Waals surface area (Å²) < 4.78 is 0. The van der Waals surface area contributed by atoms with Gasteiger partial charge in [-0.1, -0.05) is 0 Å². The maximum absolute atomic E-state index is 10.6. The van der Waals surface area contributed by atoms with Gasteiger partial charge >= 0.3 is 5.97 Å². The van der Waals surface area contributed by atoms with Crippen LogP contribution < -0.4 is 10.6 Å². The Hall–Kier alpha value is -2.10. The smallest absolute Gasteiger partial charge is 0.328 e. The average Bonchev–Trinajstić information content (AvgIpc) is 2.09. The van der Waals surface area contributed by atoms with Crippen molar-refractivity contribution in [3.63, 3.8) is 0 Å². The number of nitriles is 1. The van der Waals surface area contributed by atoms with Gasteiger partial charge in [-0.15, -0.1) is 0 Å². The number of nitrogens with zero attached hydrogens (tertiary/aromatic N) is 2. The van der Waals surface area contributed by atoms with Crippen molar-refractivity contribution >= 4 is 18.2 Å². The van der Waals surface area contributed by atoms with E-state index in [1.807, 2.05) is 0 Å². The SMILES string of the molecule is CC(=O)NC(CN=CNC#N)C(=O)O. The van der Waals surface area contributed by atoms with E-state index in [0.717, 1.165) is 6.34 Å². The molecule has 0 aliphatic heterocycles. The minimum atomic E-state index is -1.17. The second kappa shape index (κ2) is 6.42. The Kier molecular flexibility index (Phi) is 5.46. The zero-order chi connectivity index (χ0) is 11.0. The molecular weight excluding hydrogens is 188 g/mol. The fourth-order valence-corrected chi connectivity index (χ4v) is 0.663. The Morgan fingerprint density at radius 2 is 2.36 bits per heavy atom. The van der Waals surface area contributed by atoms with Crippen molar-refractivity contribution in [2.75, 3.05) is 6.54 Å². The number of hydrogen-bond acceptors (Lipinski definition) is 4. The van der Waals surface area contributed by atoms with E-state index in [4.69, 9.17) is 10.4 Å². The number of carbonyl (C=O) groups is 2. The normalized spacial score (nSPS) is 11.7. The predicted molar refractivity (Wildman–Crippen MR) is 47.3 cm³/mol. The Balaban J connectivity index is 4.05. The quantitative estimate of drug-likeness (QED) is 0.219. The lowest BCUT2D eigenvalue weighted by atomic mass is 10.3. The summed E-state index contributed by atoms with van der Waals surface area (Å²) in [6.07, 6.45) is 2.64.